The molecule has 3 rings (SSSR count). The maximum absolute atomic E-state index is 13.3. The van der Waals surface area contributed by atoms with Crippen molar-refractivity contribution in [2.75, 3.05) is 5.32 Å². The van der Waals surface area contributed by atoms with E-state index in [9.17, 15) is 19.3 Å². The van der Waals surface area contributed by atoms with Crippen molar-refractivity contribution in [1.29, 1.82) is 0 Å². The number of nitro benzene ring substituents is 1. The molecule has 10 heteroatoms. The molecule has 1 atom stereocenters. The van der Waals surface area contributed by atoms with Crippen LogP contribution in [0.3, 0.4) is 0 Å². The second-order valence-corrected chi connectivity index (χ2v) is 7.21. The molecule has 2 aromatic heterocycles. The third-order valence-corrected chi connectivity index (χ3v) is 5.23. The normalized spacial score (nSPS) is 12.1. The standard InChI is InChI=1S/C15H11FN4O3S2/c1-8(25-15-10-4-5-24-14(10)17-7-18-15)13(21)19-9-2-3-11(16)12(6-9)20(22)23/h2-8H,1H3,(H,19,21)/t8-/m1/s1. The monoisotopic (exact) mass is 378 g/mol. The molecular formula is C15H11FN4O3S2. The van der Waals surface area contributed by atoms with Crippen molar-refractivity contribution < 1.29 is 14.1 Å². The quantitative estimate of drug-likeness (QED) is 0.313. The highest BCUT2D eigenvalue weighted by Gasteiger charge is 2.20. The SMILES string of the molecule is C[C@@H](Sc1ncnc2sccc12)C(=O)Nc1ccc(F)c([N+](=O)[O-])c1. The molecule has 0 saturated carbocycles. The van der Waals surface area contributed by atoms with Gasteiger partial charge in [0.05, 0.1) is 10.2 Å². The fourth-order valence-electron chi connectivity index (χ4n) is 2.06. The smallest absolute Gasteiger partial charge is 0.306 e. The number of rotatable bonds is 5. The Morgan fingerprint density at radius 1 is 1.40 bits per heavy atom. The van der Waals surface area contributed by atoms with Crippen molar-refractivity contribution >= 4 is 50.6 Å². The molecule has 0 aliphatic rings. The van der Waals surface area contributed by atoms with E-state index in [1.54, 1.807) is 6.92 Å². The first-order chi connectivity index (χ1) is 12.0. The van der Waals surface area contributed by atoms with Crippen LogP contribution >= 0.6 is 23.1 Å². The minimum Gasteiger partial charge on any atom is -0.325 e. The number of nitro groups is 1. The Hall–Kier alpha value is -2.59. The molecule has 0 aliphatic heterocycles. The summed E-state index contributed by atoms with van der Waals surface area (Å²) in [5.41, 5.74) is -0.525. The maximum atomic E-state index is 13.3. The van der Waals surface area contributed by atoms with Crippen molar-refractivity contribution in [3.05, 3.63) is 51.9 Å². The number of nitrogens with one attached hydrogen (secondary N) is 1. The summed E-state index contributed by atoms with van der Waals surface area (Å²) in [4.78, 5) is 31.4. The van der Waals surface area contributed by atoms with Gasteiger partial charge in [-0.25, -0.2) is 9.97 Å². The van der Waals surface area contributed by atoms with E-state index in [0.717, 1.165) is 22.3 Å². The number of thiophene rings is 1. The van der Waals surface area contributed by atoms with E-state index in [-0.39, 0.29) is 11.6 Å². The van der Waals surface area contributed by atoms with Gasteiger partial charge in [0.25, 0.3) is 0 Å². The molecule has 1 amide bonds. The van der Waals surface area contributed by atoms with Gasteiger partial charge >= 0.3 is 5.69 Å². The van der Waals surface area contributed by atoms with Crippen LogP contribution in [-0.4, -0.2) is 26.0 Å². The van der Waals surface area contributed by atoms with Gasteiger partial charge in [-0.3, -0.25) is 14.9 Å². The number of carbonyl (C=O) groups is 1. The summed E-state index contributed by atoms with van der Waals surface area (Å²) < 4.78 is 13.3. The summed E-state index contributed by atoms with van der Waals surface area (Å²) in [6.45, 7) is 1.69. The summed E-state index contributed by atoms with van der Waals surface area (Å²) in [6, 6.07) is 5.10. The van der Waals surface area contributed by atoms with Crippen LogP contribution in [0.2, 0.25) is 0 Å². The first-order valence-electron chi connectivity index (χ1n) is 7.05. The highest BCUT2D eigenvalue weighted by atomic mass is 32.2. The topological polar surface area (TPSA) is 98.0 Å². The summed E-state index contributed by atoms with van der Waals surface area (Å²) in [5.74, 6) is -1.32. The second-order valence-electron chi connectivity index (χ2n) is 4.99. The molecule has 128 valence electrons. The summed E-state index contributed by atoms with van der Waals surface area (Å²) in [6.07, 6.45) is 1.44. The Balaban J connectivity index is 1.74. The van der Waals surface area contributed by atoms with E-state index < -0.39 is 21.7 Å². The number of aromatic nitrogens is 2. The van der Waals surface area contributed by atoms with E-state index in [1.807, 2.05) is 11.4 Å². The largest absolute Gasteiger partial charge is 0.325 e. The summed E-state index contributed by atoms with van der Waals surface area (Å²) in [5, 5.41) is 16.3. The van der Waals surface area contributed by atoms with Gasteiger partial charge in [-0.1, -0.05) is 11.8 Å². The van der Waals surface area contributed by atoms with Crippen LogP contribution in [0, 0.1) is 15.9 Å². The zero-order valence-electron chi connectivity index (χ0n) is 12.8. The van der Waals surface area contributed by atoms with E-state index in [2.05, 4.69) is 15.3 Å². The van der Waals surface area contributed by atoms with Crippen LogP contribution in [0.5, 0.6) is 0 Å². The Morgan fingerprint density at radius 2 is 2.20 bits per heavy atom. The molecule has 1 aromatic carbocycles. The lowest BCUT2D eigenvalue weighted by molar-refractivity contribution is -0.387. The molecule has 2 heterocycles. The number of benzene rings is 1. The Morgan fingerprint density at radius 3 is 2.96 bits per heavy atom. The molecule has 7 nitrogen and oxygen atoms in total. The fraction of sp³-hybridized carbons (Fsp3) is 0.133. The van der Waals surface area contributed by atoms with Gasteiger partial charge in [-0.15, -0.1) is 11.3 Å². The molecule has 3 aromatic rings. The summed E-state index contributed by atoms with van der Waals surface area (Å²) >= 11 is 2.74. The van der Waals surface area contributed by atoms with Crippen molar-refractivity contribution in [1.82, 2.24) is 9.97 Å². The predicted octanol–water partition coefficient (Wildman–Crippen LogP) is 3.86. The van der Waals surface area contributed by atoms with Crippen molar-refractivity contribution in [2.24, 2.45) is 0 Å². The number of halogens is 1. The number of anilines is 1. The Kier molecular flexibility index (Phi) is 4.91. The van der Waals surface area contributed by atoms with Crippen molar-refractivity contribution in [3.8, 4) is 0 Å². The summed E-state index contributed by atoms with van der Waals surface area (Å²) in [7, 11) is 0. The molecule has 0 unspecified atom stereocenters. The third kappa shape index (κ3) is 3.74. The highest BCUT2D eigenvalue weighted by Crippen LogP contribution is 2.31. The van der Waals surface area contributed by atoms with E-state index >= 15 is 0 Å². The van der Waals surface area contributed by atoms with Crippen LogP contribution in [-0.2, 0) is 4.79 Å². The first-order valence-corrected chi connectivity index (χ1v) is 8.81. The molecule has 0 spiro atoms. The van der Waals surface area contributed by atoms with Gasteiger partial charge in [-0.05, 0) is 30.5 Å². The number of thioether (sulfide) groups is 1. The van der Waals surface area contributed by atoms with Gasteiger partial charge in [0, 0.05) is 17.1 Å². The van der Waals surface area contributed by atoms with E-state index in [0.29, 0.717) is 5.03 Å². The van der Waals surface area contributed by atoms with Gasteiger partial charge in [0.2, 0.25) is 11.7 Å². The minimum atomic E-state index is -0.953. The number of hydrogen-bond donors (Lipinski definition) is 1. The van der Waals surface area contributed by atoms with Crippen molar-refractivity contribution in [3.63, 3.8) is 0 Å². The van der Waals surface area contributed by atoms with Crippen LogP contribution in [0.1, 0.15) is 6.92 Å². The number of nitrogens with zero attached hydrogens (tertiary/aromatic N) is 3. The lowest BCUT2D eigenvalue weighted by Crippen LogP contribution is -2.22. The average Bonchev–Trinajstić information content (AvgIpc) is 3.06. The zero-order valence-corrected chi connectivity index (χ0v) is 14.4. The lowest BCUT2D eigenvalue weighted by Gasteiger charge is -2.12. The molecule has 1 N–H and O–H groups in total. The molecule has 25 heavy (non-hydrogen) atoms. The molecule has 0 saturated heterocycles. The maximum Gasteiger partial charge on any atom is 0.306 e. The lowest BCUT2D eigenvalue weighted by atomic mass is 10.2. The van der Waals surface area contributed by atoms with E-state index in [1.165, 1.54) is 35.5 Å². The van der Waals surface area contributed by atoms with Crippen LogP contribution in [0.25, 0.3) is 10.2 Å². The highest BCUT2D eigenvalue weighted by molar-refractivity contribution is 8.00. The average molecular weight is 378 g/mol. The molecular weight excluding hydrogens is 367 g/mol. The van der Waals surface area contributed by atoms with Crippen molar-refractivity contribution in [2.45, 2.75) is 17.2 Å². The van der Waals surface area contributed by atoms with Gasteiger partial charge in [-0.2, -0.15) is 4.39 Å². The molecule has 0 radical (unpaired) electrons. The van der Waals surface area contributed by atoms with E-state index in [4.69, 9.17) is 0 Å². The molecule has 0 bridgehead atoms. The second kappa shape index (κ2) is 7.11. The molecule has 0 aliphatic carbocycles. The van der Waals surface area contributed by atoms with Crippen LogP contribution in [0.15, 0.2) is 41.0 Å². The predicted molar refractivity (Wildman–Crippen MR) is 94.4 cm³/mol. The number of carbonyl (C=O) groups excluding carboxylic acids is 1. The van der Waals surface area contributed by atoms with Gasteiger partial charge in [0.15, 0.2) is 0 Å². The minimum absolute atomic E-state index is 0.161. The molecule has 0 fully saturated rings. The van der Waals surface area contributed by atoms with Gasteiger partial charge in [0.1, 0.15) is 16.2 Å². The first kappa shape index (κ1) is 17.2. The van der Waals surface area contributed by atoms with Crippen LogP contribution in [0.4, 0.5) is 15.8 Å². The third-order valence-electron chi connectivity index (χ3n) is 3.29. The van der Waals surface area contributed by atoms with Crippen LogP contribution < -0.4 is 5.32 Å². The zero-order chi connectivity index (χ0) is 18.0. The van der Waals surface area contributed by atoms with Gasteiger partial charge < -0.3 is 5.32 Å². The number of hydrogen-bond acceptors (Lipinski definition) is 7. The number of amides is 1. The number of fused-ring (bicyclic) bond motifs is 1. The Bertz CT molecular complexity index is 963. The fourth-order valence-corrected chi connectivity index (χ4v) is 3.75. The Labute approximate surface area is 149 Å².